The number of nitrogens with zero attached hydrogens (tertiary/aromatic N) is 1. The van der Waals surface area contributed by atoms with Crippen LogP contribution in [0.5, 0.6) is 5.75 Å². The van der Waals surface area contributed by atoms with Gasteiger partial charge in [0.05, 0.1) is 13.5 Å². The minimum Gasteiger partial charge on any atom is -0.497 e. The number of benzene rings is 3. The van der Waals surface area contributed by atoms with Gasteiger partial charge in [-0.25, -0.2) is 0 Å². The van der Waals surface area contributed by atoms with Crippen LogP contribution in [0.2, 0.25) is 0 Å². The predicted octanol–water partition coefficient (Wildman–Crippen LogP) is 4.21. The van der Waals surface area contributed by atoms with Gasteiger partial charge in [-0.05, 0) is 47.9 Å². The summed E-state index contributed by atoms with van der Waals surface area (Å²) in [6.07, 6.45) is 0.253. The van der Waals surface area contributed by atoms with Gasteiger partial charge < -0.3 is 15.0 Å². The fourth-order valence-electron chi connectivity index (χ4n) is 3.16. The number of hydrogen-bond acceptors (Lipinski definition) is 3. The summed E-state index contributed by atoms with van der Waals surface area (Å²) in [6, 6.07) is 24.6. The second kappa shape index (κ2) is 10.3. The molecule has 0 unspecified atom stereocenters. The van der Waals surface area contributed by atoms with Gasteiger partial charge in [-0.15, -0.1) is 0 Å². The van der Waals surface area contributed by atoms with Gasteiger partial charge in [-0.1, -0.05) is 54.6 Å². The van der Waals surface area contributed by atoms with Crippen molar-refractivity contribution in [1.29, 1.82) is 0 Å². The van der Waals surface area contributed by atoms with Gasteiger partial charge >= 0.3 is 0 Å². The van der Waals surface area contributed by atoms with E-state index in [0.29, 0.717) is 18.0 Å². The number of hydrogen-bond donors (Lipinski definition) is 1. The number of carbonyl (C=O) groups is 2. The number of amides is 2. The maximum atomic E-state index is 13.0. The first kappa shape index (κ1) is 21.1. The fraction of sp³-hybridized carbons (Fsp3) is 0.200. The lowest BCUT2D eigenvalue weighted by Gasteiger charge is -2.23. The van der Waals surface area contributed by atoms with Crippen LogP contribution in [0, 0.1) is 6.92 Å². The van der Waals surface area contributed by atoms with Crippen LogP contribution in [-0.2, 0) is 22.6 Å². The van der Waals surface area contributed by atoms with Crippen LogP contribution in [0.25, 0.3) is 0 Å². The Morgan fingerprint density at radius 1 is 0.900 bits per heavy atom. The molecule has 154 valence electrons. The standard InChI is InChI=1S/C25H26N2O3/c1-19-8-6-7-11-21(19)17-27(25(29)16-20-9-4-3-5-10-20)18-24(28)26-22-12-14-23(30-2)15-13-22/h3-15H,16-18H2,1-2H3,(H,26,28). The van der Waals surface area contributed by atoms with E-state index in [9.17, 15) is 9.59 Å². The van der Waals surface area contributed by atoms with Crippen LogP contribution in [0.15, 0.2) is 78.9 Å². The van der Waals surface area contributed by atoms with Crippen LogP contribution in [0.1, 0.15) is 16.7 Å². The van der Waals surface area contributed by atoms with E-state index >= 15 is 0 Å². The van der Waals surface area contributed by atoms with Crippen LogP contribution < -0.4 is 10.1 Å². The van der Waals surface area contributed by atoms with Gasteiger partial charge in [0.25, 0.3) is 0 Å². The van der Waals surface area contributed by atoms with Crippen LogP contribution in [0.3, 0.4) is 0 Å². The highest BCUT2D eigenvalue weighted by molar-refractivity contribution is 5.94. The van der Waals surface area contributed by atoms with Crippen molar-refractivity contribution in [2.24, 2.45) is 0 Å². The maximum absolute atomic E-state index is 13.0. The molecule has 0 aliphatic rings. The summed E-state index contributed by atoms with van der Waals surface area (Å²) < 4.78 is 5.14. The monoisotopic (exact) mass is 402 g/mol. The zero-order chi connectivity index (χ0) is 21.3. The second-order valence-electron chi connectivity index (χ2n) is 7.12. The van der Waals surface area contributed by atoms with Gasteiger partial charge in [0, 0.05) is 12.2 Å². The molecule has 0 radical (unpaired) electrons. The van der Waals surface area contributed by atoms with E-state index in [4.69, 9.17) is 4.74 Å². The van der Waals surface area contributed by atoms with E-state index in [1.54, 1.807) is 36.3 Å². The number of anilines is 1. The van der Waals surface area contributed by atoms with E-state index in [-0.39, 0.29) is 24.8 Å². The van der Waals surface area contributed by atoms with Crippen molar-refractivity contribution < 1.29 is 14.3 Å². The molecule has 2 amide bonds. The second-order valence-corrected chi connectivity index (χ2v) is 7.12. The zero-order valence-electron chi connectivity index (χ0n) is 17.3. The molecule has 0 atom stereocenters. The highest BCUT2D eigenvalue weighted by atomic mass is 16.5. The molecule has 0 saturated carbocycles. The number of aryl methyl sites for hydroxylation is 1. The molecule has 5 heteroatoms. The predicted molar refractivity (Wildman–Crippen MR) is 118 cm³/mol. The first-order chi connectivity index (χ1) is 14.5. The third kappa shape index (κ3) is 5.95. The molecule has 3 aromatic carbocycles. The molecule has 0 aliphatic carbocycles. The number of rotatable bonds is 8. The molecule has 0 spiro atoms. The number of nitrogens with one attached hydrogen (secondary N) is 1. The van der Waals surface area contributed by atoms with Gasteiger partial charge in [0.2, 0.25) is 11.8 Å². The van der Waals surface area contributed by atoms with E-state index in [0.717, 1.165) is 16.7 Å². The Hall–Kier alpha value is -3.60. The zero-order valence-corrected chi connectivity index (χ0v) is 17.3. The third-order valence-corrected chi connectivity index (χ3v) is 4.88. The number of carbonyl (C=O) groups excluding carboxylic acids is 2. The van der Waals surface area contributed by atoms with Crippen molar-refractivity contribution in [2.75, 3.05) is 19.0 Å². The van der Waals surface area contributed by atoms with Gasteiger partial charge in [0.1, 0.15) is 12.3 Å². The Labute approximate surface area is 177 Å². The molecule has 30 heavy (non-hydrogen) atoms. The van der Waals surface area contributed by atoms with E-state index < -0.39 is 0 Å². The summed E-state index contributed by atoms with van der Waals surface area (Å²) in [5.41, 5.74) is 3.70. The molecule has 1 N–H and O–H groups in total. The molecule has 0 aromatic heterocycles. The van der Waals surface area contributed by atoms with Crippen LogP contribution in [-0.4, -0.2) is 30.4 Å². The van der Waals surface area contributed by atoms with Crippen molar-refractivity contribution in [3.8, 4) is 5.75 Å². The average molecular weight is 402 g/mol. The minimum atomic E-state index is -0.241. The molecule has 0 fully saturated rings. The Morgan fingerprint density at radius 3 is 2.23 bits per heavy atom. The van der Waals surface area contributed by atoms with Gasteiger partial charge in [-0.3, -0.25) is 9.59 Å². The SMILES string of the molecule is COc1ccc(NC(=O)CN(Cc2ccccc2C)C(=O)Cc2ccccc2)cc1. The normalized spacial score (nSPS) is 10.3. The third-order valence-electron chi connectivity index (χ3n) is 4.88. The fourth-order valence-corrected chi connectivity index (χ4v) is 3.16. The summed E-state index contributed by atoms with van der Waals surface area (Å²) in [7, 11) is 1.59. The molecular formula is C25H26N2O3. The lowest BCUT2D eigenvalue weighted by molar-refractivity contribution is -0.134. The molecule has 0 bridgehead atoms. The summed E-state index contributed by atoms with van der Waals surface area (Å²) in [6.45, 7) is 2.37. The first-order valence-electron chi connectivity index (χ1n) is 9.85. The minimum absolute atomic E-state index is 0.0218. The number of methoxy groups -OCH3 is 1. The van der Waals surface area contributed by atoms with Crippen molar-refractivity contribution >= 4 is 17.5 Å². The van der Waals surface area contributed by atoms with E-state index in [1.165, 1.54) is 0 Å². The molecule has 5 nitrogen and oxygen atoms in total. The summed E-state index contributed by atoms with van der Waals surface area (Å²) >= 11 is 0. The Morgan fingerprint density at radius 2 is 1.57 bits per heavy atom. The molecule has 0 aliphatic heterocycles. The Balaban J connectivity index is 1.72. The average Bonchev–Trinajstić information content (AvgIpc) is 2.76. The summed E-state index contributed by atoms with van der Waals surface area (Å²) in [5.74, 6) is 0.386. The molecule has 0 heterocycles. The molecule has 0 saturated heterocycles. The molecular weight excluding hydrogens is 376 g/mol. The maximum Gasteiger partial charge on any atom is 0.244 e. The smallest absolute Gasteiger partial charge is 0.244 e. The highest BCUT2D eigenvalue weighted by Gasteiger charge is 2.19. The van der Waals surface area contributed by atoms with Crippen molar-refractivity contribution in [2.45, 2.75) is 19.9 Å². The van der Waals surface area contributed by atoms with Crippen molar-refractivity contribution in [3.63, 3.8) is 0 Å². The van der Waals surface area contributed by atoms with Crippen LogP contribution in [0.4, 0.5) is 5.69 Å². The van der Waals surface area contributed by atoms with Gasteiger partial charge in [-0.2, -0.15) is 0 Å². The summed E-state index contributed by atoms with van der Waals surface area (Å²) in [4.78, 5) is 27.3. The Kier molecular flexibility index (Phi) is 7.22. The quantitative estimate of drug-likeness (QED) is 0.614. The first-order valence-corrected chi connectivity index (χ1v) is 9.85. The largest absolute Gasteiger partial charge is 0.497 e. The number of ether oxygens (including phenoxy) is 1. The van der Waals surface area contributed by atoms with Crippen molar-refractivity contribution in [3.05, 3.63) is 95.6 Å². The van der Waals surface area contributed by atoms with E-state index in [2.05, 4.69) is 5.32 Å². The lowest BCUT2D eigenvalue weighted by Crippen LogP contribution is -2.38. The van der Waals surface area contributed by atoms with Gasteiger partial charge in [0.15, 0.2) is 0 Å². The highest BCUT2D eigenvalue weighted by Crippen LogP contribution is 2.16. The molecule has 3 rings (SSSR count). The summed E-state index contributed by atoms with van der Waals surface area (Å²) in [5, 5.41) is 2.85. The Bertz CT molecular complexity index is 985. The van der Waals surface area contributed by atoms with Crippen LogP contribution >= 0.6 is 0 Å². The molecule has 3 aromatic rings. The van der Waals surface area contributed by atoms with E-state index in [1.807, 2.05) is 61.5 Å². The van der Waals surface area contributed by atoms with Crippen molar-refractivity contribution in [1.82, 2.24) is 4.90 Å². The topological polar surface area (TPSA) is 58.6 Å². The lowest BCUT2D eigenvalue weighted by atomic mass is 10.1.